The number of carbonyl (C=O) groups excluding carboxylic acids is 1. The fraction of sp³-hybridized carbons (Fsp3) is 0.500. The maximum absolute atomic E-state index is 12.8. The second kappa shape index (κ2) is 6.24. The number of benzene rings is 1. The van der Waals surface area contributed by atoms with E-state index in [1.54, 1.807) is 0 Å². The van der Waals surface area contributed by atoms with Gasteiger partial charge in [0.15, 0.2) is 5.76 Å². The van der Waals surface area contributed by atoms with Crippen LogP contribution in [-0.4, -0.2) is 42.7 Å². The van der Waals surface area contributed by atoms with Crippen LogP contribution < -0.4 is 4.74 Å². The number of fused-ring (bicyclic) bond motifs is 1. The third-order valence-corrected chi connectivity index (χ3v) is 4.12. The van der Waals surface area contributed by atoms with E-state index in [2.05, 4.69) is 0 Å². The van der Waals surface area contributed by atoms with E-state index in [1.807, 2.05) is 50.8 Å². The average Bonchev–Trinajstić information content (AvgIpc) is 2.83. The van der Waals surface area contributed by atoms with Crippen molar-refractivity contribution in [3.05, 3.63) is 29.5 Å². The number of carbonyl (C=O) groups is 1. The van der Waals surface area contributed by atoms with Crippen molar-refractivity contribution >= 4 is 16.9 Å². The summed E-state index contributed by atoms with van der Waals surface area (Å²) < 4.78 is 17.1. The Bertz CT molecular complexity index is 711. The molecule has 0 spiro atoms. The Kier molecular flexibility index (Phi) is 4.31. The molecule has 0 aliphatic carbocycles. The molecule has 1 saturated heterocycles. The maximum atomic E-state index is 12.8. The van der Waals surface area contributed by atoms with Gasteiger partial charge in [0.25, 0.3) is 5.91 Å². The molecule has 0 saturated carbocycles. The first-order valence-corrected chi connectivity index (χ1v) is 8.10. The Labute approximate surface area is 136 Å². The fourth-order valence-corrected chi connectivity index (χ4v) is 3.15. The standard InChI is InChI=1S/C18H23NO4/c1-5-21-14-6-7-16-15(8-14)13(4)17(23-16)18(20)19-9-11(2)22-12(3)10-19/h6-8,11-12H,5,9-10H2,1-4H3/t11-,12-/m0/s1. The molecule has 1 fully saturated rings. The van der Waals surface area contributed by atoms with Crippen LogP contribution in [0.3, 0.4) is 0 Å². The van der Waals surface area contributed by atoms with Gasteiger partial charge >= 0.3 is 0 Å². The van der Waals surface area contributed by atoms with Crippen LogP contribution in [0.15, 0.2) is 22.6 Å². The van der Waals surface area contributed by atoms with Crippen LogP contribution in [0.2, 0.25) is 0 Å². The molecule has 0 unspecified atom stereocenters. The zero-order chi connectivity index (χ0) is 16.6. The number of hydrogen-bond acceptors (Lipinski definition) is 4. The highest BCUT2D eigenvalue weighted by Gasteiger charge is 2.30. The lowest BCUT2D eigenvalue weighted by molar-refractivity contribution is -0.0592. The van der Waals surface area contributed by atoms with E-state index in [9.17, 15) is 4.79 Å². The van der Waals surface area contributed by atoms with Gasteiger partial charge in [0.2, 0.25) is 0 Å². The van der Waals surface area contributed by atoms with Gasteiger partial charge < -0.3 is 18.8 Å². The first-order chi connectivity index (χ1) is 11.0. The lowest BCUT2D eigenvalue weighted by Crippen LogP contribution is -2.48. The molecule has 2 atom stereocenters. The number of aryl methyl sites for hydroxylation is 1. The Morgan fingerprint density at radius 2 is 2.00 bits per heavy atom. The molecule has 23 heavy (non-hydrogen) atoms. The smallest absolute Gasteiger partial charge is 0.290 e. The summed E-state index contributed by atoms with van der Waals surface area (Å²) in [6, 6.07) is 5.65. The van der Waals surface area contributed by atoms with Gasteiger partial charge in [0.1, 0.15) is 11.3 Å². The van der Waals surface area contributed by atoms with E-state index in [-0.39, 0.29) is 18.1 Å². The highest BCUT2D eigenvalue weighted by Crippen LogP contribution is 2.30. The molecule has 124 valence electrons. The Hall–Kier alpha value is -2.01. The van der Waals surface area contributed by atoms with Crippen molar-refractivity contribution in [1.82, 2.24) is 4.90 Å². The summed E-state index contributed by atoms with van der Waals surface area (Å²) in [6.45, 7) is 9.61. The molecule has 1 aliphatic rings. The van der Waals surface area contributed by atoms with Crippen molar-refractivity contribution in [2.45, 2.75) is 39.9 Å². The zero-order valence-corrected chi connectivity index (χ0v) is 14.1. The van der Waals surface area contributed by atoms with Crippen LogP contribution in [0.1, 0.15) is 36.9 Å². The van der Waals surface area contributed by atoms with E-state index in [4.69, 9.17) is 13.9 Å². The average molecular weight is 317 g/mol. The lowest BCUT2D eigenvalue weighted by atomic mass is 10.1. The van der Waals surface area contributed by atoms with E-state index in [0.29, 0.717) is 31.0 Å². The molecule has 3 rings (SSSR count). The molecule has 2 aromatic rings. The minimum Gasteiger partial charge on any atom is -0.494 e. The molecule has 0 bridgehead atoms. The summed E-state index contributed by atoms with van der Waals surface area (Å²) in [4.78, 5) is 14.6. The Balaban J connectivity index is 1.93. The molecule has 1 amide bonds. The van der Waals surface area contributed by atoms with Gasteiger partial charge in [-0.2, -0.15) is 0 Å². The molecule has 1 aromatic carbocycles. The minimum absolute atomic E-state index is 0.0388. The molecule has 1 aliphatic heterocycles. The zero-order valence-electron chi connectivity index (χ0n) is 14.1. The molecule has 5 nitrogen and oxygen atoms in total. The van der Waals surface area contributed by atoms with Crippen molar-refractivity contribution in [1.29, 1.82) is 0 Å². The highest BCUT2D eigenvalue weighted by atomic mass is 16.5. The van der Waals surface area contributed by atoms with Gasteiger partial charge in [-0.1, -0.05) is 0 Å². The maximum Gasteiger partial charge on any atom is 0.290 e. The van der Waals surface area contributed by atoms with Crippen molar-refractivity contribution in [2.75, 3.05) is 19.7 Å². The third-order valence-electron chi connectivity index (χ3n) is 4.12. The molecule has 0 radical (unpaired) electrons. The Morgan fingerprint density at radius 3 is 2.65 bits per heavy atom. The van der Waals surface area contributed by atoms with Gasteiger partial charge in [-0.15, -0.1) is 0 Å². The van der Waals surface area contributed by atoms with E-state index in [1.165, 1.54) is 0 Å². The highest BCUT2D eigenvalue weighted by molar-refractivity contribution is 5.99. The number of amides is 1. The predicted octanol–water partition coefficient (Wildman–Crippen LogP) is 3.39. The van der Waals surface area contributed by atoms with Crippen LogP contribution in [0.4, 0.5) is 0 Å². The van der Waals surface area contributed by atoms with Crippen LogP contribution in [0.5, 0.6) is 5.75 Å². The van der Waals surface area contributed by atoms with Gasteiger partial charge in [-0.25, -0.2) is 0 Å². The summed E-state index contributed by atoms with van der Waals surface area (Å²) in [5.74, 6) is 1.13. The topological polar surface area (TPSA) is 51.9 Å². The molecule has 5 heteroatoms. The van der Waals surface area contributed by atoms with Gasteiger partial charge in [-0.3, -0.25) is 4.79 Å². The van der Waals surface area contributed by atoms with E-state index < -0.39 is 0 Å². The molecule has 0 N–H and O–H groups in total. The monoisotopic (exact) mass is 317 g/mol. The van der Waals surface area contributed by atoms with Crippen molar-refractivity contribution in [3.63, 3.8) is 0 Å². The Morgan fingerprint density at radius 1 is 1.30 bits per heavy atom. The van der Waals surface area contributed by atoms with Gasteiger partial charge in [0.05, 0.1) is 18.8 Å². The minimum atomic E-state index is -0.0707. The van der Waals surface area contributed by atoms with Crippen LogP contribution in [-0.2, 0) is 4.74 Å². The fourth-order valence-electron chi connectivity index (χ4n) is 3.15. The van der Waals surface area contributed by atoms with E-state index >= 15 is 0 Å². The SMILES string of the molecule is CCOc1ccc2oc(C(=O)N3C[C@H](C)O[C@@H](C)C3)c(C)c2c1. The van der Waals surface area contributed by atoms with Gasteiger partial charge in [-0.05, 0) is 45.9 Å². The number of morpholine rings is 1. The number of nitrogens with zero attached hydrogens (tertiary/aromatic N) is 1. The summed E-state index contributed by atoms with van der Waals surface area (Å²) in [5, 5.41) is 0.925. The van der Waals surface area contributed by atoms with Crippen LogP contribution in [0.25, 0.3) is 11.0 Å². The predicted molar refractivity (Wildman–Crippen MR) is 88.0 cm³/mol. The van der Waals surface area contributed by atoms with Gasteiger partial charge in [0, 0.05) is 24.0 Å². The summed E-state index contributed by atoms with van der Waals surface area (Å²) in [6.07, 6.45) is 0.0777. The van der Waals surface area contributed by atoms with Crippen molar-refractivity contribution < 1.29 is 18.7 Å². The molecular formula is C18H23NO4. The first kappa shape index (κ1) is 15.9. The van der Waals surface area contributed by atoms with Crippen molar-refractivity contribution in [3.8, 4) is 5.75 Å². The third kappa shape index (κ3) is 3.06. The number of furan rings is 1. The quantitative estimate of drug-likeness (QED) is 0.871. The second-order valence-electron chi connectivity index (χ2n) is 6.11. The van der Waals surface area contributed by atoms with Crippen molar-refractivity contribution in [2.24, 2.45) is 0 Å². The van der Waals surface area contributed by atoms with Crippen LogP contribution >= 0.6 is 0 Å². The second-order valence-corrected chi connectivity index (χ2v) is 6.11. The first-order valence-electron chi connectivity index (χ1n) is 8.10. The number of hydrogen-bond donors (Lipinski definition) is 0. The summed E-state index contributed by atoms with van der Waals surface area (Å²) in [7, 11) is 0. The molecular weight excluding hydrogens is 294 g/mol. The number of rotatable bonds is 3. The molecule has 2 heterocycles. The summed E-state index contributed by atoms with van der Waals surface area (Å²) in [5.41, 5.74) is 1.57. The summed E-state index contributed by atoms with van der Waals surface area (Å²) >= 11 is 0. The normalized spacial score (nSPS) is 21.7. The number of ether oxygens (including phenoxy) is 2. The van der Waals surface area contributed by atoms with Crippen LogP contribution in [0, 0.1) is 6.92 Å². The largest absolute Gasteiger partial charge is 0.494 e. The lowest BCUT2D eigenvalue weighted by Gasteiger charge is -2.34. The molecule has 1 aromatic heterocycles. The van der Waals surface area contributed by atoms with E-state index in [0.717, 1.165) is 16.7 Å².